The maximum absolute atomic E-state index is 11.2. The quantitative estimate of drug-likeness (QED) is 0.794. The molecule has 0 aliphatic carbocycles. The van der Waals surface area contributed by atoms with Crippen LogP contribution in [0.5, 0.6) is 5.75 Å². The molecular weight excluding hydrogens is 302 g/mol. The standard InChI is InChI=1S/C16H23NO4S/c1-12(14-4-3-13-7-10-20-16(13)11-14)17-8-5-15(6-9-17)21-22(2,18)19/h3-4,11-12,15H,5-10H2,1-2H3. The third-order valence-corrected chi connectivity index (χ3v) is 5.16. The summed E-state index contributed by atoms with van der Waals surface area (Å²) in [6, 6.07) is 6.78. The maximum atomic E-state index is 11.2. The molecule has 0 aromatic heterocycles. The number of piperidine rings is 1. The maximum Gasteiger partial charge on any atom is 0.264 e. The van der Waals surface area contributed by atoms with E-state index in [0.29, 0.717) is 6.04 Å². The van der Waals surface area contributed by atoms with E-state index in [-0.39, 0.29) is 6.10 Å². The molecule has 0 bridgehead atoms. The summed E-state index contributed by atoms with van der Waals surface area (Å²) in [5, 5.41) is 0. The van der Waals surface area contributed by atoms with Gasteiger partial charge in [-0.1, -0.05) is 12.1 Å². The summed E-state index contributed by atoms with van der Waals surface area (Å²) in [7, 11) is -3.36. The Labute approximate surface area is 132 Å². The predicted molar refractivity (Wildman–Crippen MR) is 84.6 cm³/mol. The number of rotatable bonds is 4. The topological polar surface area (TPSA) is 55.8 Å². The molecule has 1 aromatic rings. The van der Waals surface area contributed by atoms with Gasteiger partial charge in [0, 0.05) is 25.6 Å². The normalized spacial score (nSPS) is 21.4. The van der Waals surface area contributed by atoms with Crippen molar-refractivity contribution in [1.82, 2.24) is 4.90 Å². The lowest BCUT2D eigenvalue weighted by Crippen LogP contribution is -2.39. The summed E-state index contributed by atoms with van der Waals surface area (Å²) in [5.41, 5.74) is 2.54. The molecule has 6 heteroatoms. The van der Waals surface area contributed by atoms with E-state index >= 15 is 0 Å². The van der Waals surface area contributed by atoms with Crippen molar-refractivity contribution in [3.8, 4) is 5.75 Å². The highest BCUT2D eigenvalue weighted by atomic mass is 32.2. The van der Waals surface area contributed by atoms with Gasteiger partial charge in [0.2, 0.25) is 0 Å². The van der Waals surface area contributed by atoms with E-state index in [2.05, 4.69) is 30.0 Å². The van der Waals surface area contributed by atoms with Gasteiger partial charge in [0.25, 0.3) is 10.1 Å². The van der Waals surface area contributed by atoms with Crippen LogP contribution >= 0.6 is 0 Å². The molecule has 1 unspecified atom stereocenters. The van der Waals surface area contributed by atoms with Crippen LogP contribution in [0.3, 0.4) is 0 Å². The lowest BCUT2D eigenvalue weighted by molar-refractivity contribution is 0.0844. The summed E-state index contributed by atoms with van der Waals surface area (Å²) in [6.45, 7) is 4.66. The minimum atomic E-state index is -3.36. The molecule has 1 atom stereocenters. The second-order valence-corrected chi connectivity index (χ2v) is 7.78. The molecule has 5 nitrogen and oxygen atoms in total. The SMILES string of the molecule is CC(c1ccc2c(c1)OCC2)N1CCC(OS(C)(=O)=O)CC1. The monoisotopic (exact) mass is 325 g/mol. The van der Waals surface area contributed by atoms with Gasteiger partial charge < -0.3 is 4.74 Å². The van der Waals surface area contributed by atoms with Gasteiger partial charge in [-0.3, -0.25) is 9.08 Å². The first-order valence-electron chi connectivity index (χ1n) is 7.80. The highest BCUT2D eigenvalue weighted by molar-refractivity contribution is 7.86. The first kappa shape index (κ1) is 15.8. The molecule has 0 N–H and O–H groups in total. The van der Waals surface area contributed by atoms with Gasteiger partial charge in [-0.2, -0.15) is 8.42 Å². The van der Waals surface area contributed by atoms with E-state index in [1.165, 1.54) is 11.1 Å². The van der Waals surface area contributed by atoms with Crippen molar-refractivity contribution in [3.05, 3.63) is 29.3 Å². The molecule has 1 saturated heterocycles. The number of ether oxygens (including phenoxy) is 1. The number of fused-ring (bicyclic) bond motifs is 1. The fraction of sp³-hybridized carbons (Fsp3) is 0.625. The molecule has 1 aromatic carbocycles. The molecule has 22 heavy (non-hydrogen) atoms. The van der Waals surface area contributed by atoms with E-state index in [4.69, 9.17) is 8.92 Å². The zero-order valence-electron chi connectivity index (χ0n) is 13.1. The Morgan fingerprint density at radius 3 is 2.73 bits per heavy atom. The van der Waals surface area contributed by atoms with Gasteiger partial charge in [-0.15, -0.1) is 0 Å². The van der Waals surface area contributed by atoms with Crippen molar-refractivity contribution in [3.63, 3.8) is 0 Å². The van der Waals surface area contributed by atoms with Crippen molar-refractivity contribution < 1.29 is 17.3 Å². The van der Waals surface area contributed by atoms with Crippen LogP contribution in [0.4, 0.5) is 0 Å². The number of benzene rings is 1. The first-order chi connectivity index (χ1) is 10.4. The molecule has 2 aliphatic heterocycles. The fourth-order valence-electron chi connectivity index (χ4n) is 3.26. The number of hydrogen-bond acceptors (Lipinski definition) is 5. The Balaban J connectivity index is 1.61. The van der Waals surface area contributed by atoms with Crippen molar-refractivity contribution in [2.75, 3.05) is 26.0 Å². The van der Waals surface area contributed by atoms with E-state index in [9.17, 15) is 8.42 Å². The zero-order chi connectivity index (χ0) is 15.7. The summed E-state index contributed by atoms with van der Waals surface area (Å²) >= 11 is 0. The number of likely N-dealkylation sites (tertiary alicyclic amines) is 1. The average molecular weight is 325 g/mol. The van der Waals surface area contributed by atoms with Crippen LogP contribution in [0, 0.1) is 0 Å². The van der Waals surface area contributed by atoms with Crippen LogP contribution in [0.25, 0.3) is 0 Å². The second kappa shape index (κ2) is 6.18. The van der Waals surface area contributed by atoms with Gasteiger partial charge in [-0.05, 0) is 37.0 Å². The summed E-state index contributed by atoms with van der Waals surface area (Å²) in [5.74, 6) is 1.01. The highest BCUT2D eigenvalue weighted by Crippen LogP contribution is 2.32. The number of hydrogen-bond donors (Lipinski definition) is 0. The van der Waals surface area contributed by atoms with E-state index in [1.807, 2.05) is 0 Å². The minimum absolute atomic E-state index is 0.179. The van der Waals surface area contributed by atoms with Gasteiger partial charge in [-0.25, -0.2) is 0 Å². The fourth-order valence-corrected chi connectivity index (χ4v) is 3.95. The van der Waals surface area contributed by atoms with E-state index in [1.54, 1.807) is 0 Å². The molecule has 0 spiro atoms. The highest BCUT2D eigenvalue weighted by Gasteiger charge is 2.26. The summed E-state index contributed by atoms with van der Waals surface area (Å²) in [4.78, 5) is 2.37. The molecule has 0 saturated carbocycles. The van der Waals surface area contributed by atoms with Crippen LogP contribution in [-0.4, -0.2) is 45.4 Å². The first-order valence-corrected chi connectivity index (χ1v) is 9.62. The van der Waals surface area contributed by atoms with Crippen LogP contribution in [0.15, 0.2) is 18.2 Å². The Hall–Kier alpha value is -1.11. The van der Waals surface area contributed by atoms with E-state index < -0.39 is 10.1 Å². The molecule has 1 fully saturated rings. The van der Waals surface area contributed by atoms with Gasteiger partial charge in [0.1, 0.15) is 5.75 Å². The molecule has 122 valence electrons. The minimum Gasteiger partial charge on any atom is -0.493 e. The van der Waals surface area contributed by atoms with E-state index in [0.717, 1.165) is 51.0 Å². The molecule has 2 heterocycles. The van der Waals surface area contributed by atoms with Crippen molar-refractivity contribution >= 4 is 10.1 Å². The Morgan fingerprint density at radius 1 is 1.32 bits per heavy atom. The van der Waals surface area contributed by atoms with Gasteiger partial charge in [0.15, 0.2) is 0 Å². The van der Waals surface area contributed by atoms with Crippen LogP contribution in [0.1, 0.15) is 36.9 Å². The smallest absolute Gasteiger partial charge is 0.264 e. The van der Waals surface area contributed by atoms with Crippen molar-refractivity contribution in [2.45, 2.75) is 38.3 Å². The van der Waals surface area contributed by atoms with Crippen LogP contribution in [0.2, 0.25) is 0 Å². The van der Waals surface area contributed by atoms with Crippen LogP contribution < -0.4 is 4.74 Å². The number of nitrogens with zero attached hydrogens (tertiary/aromatic N) is 1. The lowest BCUT2D eigenvalue weighted by atomic mass is 10.00. The summed E-state index contributed by atoms with van der Waals surface area (Å²) in [6.07, 6.45) is 3.43. The molecular formula is C16H23NO4S. The molecule has 0 radical (unpaired) electrons. The molecule has 2 aliphatic rings. The zero-order valence-corrected chi connectivity index (χ0v) is 13.9. The average Bonchev–Trinajstić information content (AvgIpc) is 2.93. The predicted octanol–water partition coefficient (Wildman–Crippen LogP) is 2.12. The Kier molecular flexibility index (Phi) is 4.43. The van der Waals surface area contributed by atoms with Crippen molar-refractivity contribution in [1.29, 1.82) is 0 Å². The molecule has 3 rings (SSSR count). The lowest BCUT2D eigenvalue weighted by Gasteiger charge is -2.35. The van der Waals surface area contributed by atoms with Gasteiger partial charge in [0.05, 0.1) is 19.0 Å². The third-order valence-electron chi connectivity index (χ3n) is 4.54. The largest absolute Gasteiger partial charge is 0.493 e. The van der Waals surface area contributed by atoms with Gasteiger partial charge >= 0.3 is 0 Å². The Bertz CT molecular complexity index is 636. The second-order valence-electron chi connectivity index (χ2n) is 6.18. The Morgan fingerprint density at radius 2 is 2.05 bits per heavy atom. The van der Waals surface area contributed by atoms with Crippen LogP contribution in [-0.2, 0) is 20.7 Å². The summed E-state index contributed by atoms with van der Waals surface area (Å²) < 4.78 is 33.1. The molecule has 0 amide bonds. The third kappa shape index (κ3) is 3.62. The van der Waals surface area contributed by atoms with Crippen molar-refractivity contribution in [2.24, 2.45) is 0 Å².